The smallest absolute Gasteiger partial charge is 0.251 e. The van der Waals surface area contributed by atoms with Crippen molar-refractivity contribution in [2.75, 3.05) is 29.5 Å². The van der Waals surface area contributed by atoms with E-state index in [9.17, 15) is 19.5 Å². The monoisotopic (exact) mass is 593 g/mol. The van der Waals surface area contributed by atoms with Crippen molar-refractivity contribution < 1.29 is 19.5 Å². The molecule has 1 spiro atoms. The van der Waals surface area contributed by atoms with Gasteiger partial charge in [-0.3, -0.25) is 14.4 Å². The molecule has 3 fully saturated rings. The third-order valence-electron chi connectivity index (χ3n) is 8.68. The minimum atomic E-state index is -0.866. The highest BCUT2D eigenvalue weighted by Gasteiger charge is 2.74. The van der Waals surface area contributed by atoms with Gasteiger partial charge in [0.05, 0.1) is 39.9 Å². The highest BCUT2D eigenvalue weighted by molar-refractivity contribution is 8.02. The number of likely N-dealkylation sites (tertiary alicyclic amines) is 1. The molecule has 2 unspecified atom stereocenters. The molecule has 3 aliphatic rings. The quantitative estimate of drug-likeness (QED) is 0.398. The molecule has 2 bridgehead atoms. The van der Waals surface area contributed by atoms with Crippen molar-refractivity contribution in [3.8, 4) is 0 Å². The van der Waals surface area contributed by atoms with Gasteiger partial charge in [0, 0.05) is 24.0 Å². The van der Waals surface area contributed by atoms with E-state index in [-0.39, 0.29) is 36.1 Å². The number of hydrogen-bond donors (Lipinski definition) is 1. The zero-order valence-electron chi connectivity index (χ0n) is 23.4. The van der Waals surface area contributed by atoms with E-state index in [0.29, 0.717) is 23.7 Å². The number of thioether (sulfide) groups is 1. The third kappa shape index (κ3) is 4.70. The Morgan fingerprint density at radius 2 is 1.80 bits per heavy atom. The minimum Gasteiger partial charge on any atom is -0.394 e. The summed E-state index contributed by atoms with van der Waals surface area (Å²) >= 11 is 8.23. The first-order valence-corrected chi connectivity index (χ1v) is 15.2. The van der Waals surface area contributed by atoms with Crippen LogP contribution in [0.4, 0.5) is 11.4 Å². The van der Waals surface area contributed by atoms with Crippen molar-refractivity contribution in [2.45, 2.75) is 48.8 Å². The van der Waals surface area contributed by atoms with Crippen LogP contribution in [0, 0.1) is 18.8 Å². The molecule has 9 heteroatoms. The number of aryl methyl sites for hydroxylation is 1. The van der Waals surface area contributed by atoms with Crippen LogP contribution in [0.1, 0.15) is 25.3 Å². The van der Waals surface area contributed by atoms with Gasteiger partial charge < -0.3 is 19.8 Å². The number of benzene rings is 2. The van der Waals surface area contributed by atoms with Crippen molar-refractivity contribution in [2.24, 2.45) is 11.8 Å². The molecule has 3 amide bonds. The Bertz CT molecular complexity index is 1350. The molecule has 41 heavy (non-hydrogen) atoms. The summed E-state index contributed by atoms with van der Waals surface area (Å²) in [5.74, 6) is -1.94. The SMILES string of the molecule is C=CCN(C(=O)[C@@H]1[C@H]2C(=O)N([C@H](C)CO)C(C(=O)N(CC=C)c3c(C)cccc3Cl)C23CC[C@H]1S3)c1ccccc1. The van der Waals surface area contributed by atoms with Gasteiger partial charge in [-0.15, -0.1) is 24.9 Å². The number of carbonyl (C=O) groups is 3. The van der Waals surface area contributed by atoms with Crippen LogP contribution in [0.15, 0.2) is 73.8 Å². The number of aliphatic hydroxyl groups excluding tert-OH is 1. The average Bonchev–Trinajstić information content (AvgIpc) is 3.62. The predicted octanol–water partition coefficient (Wildman–Crippen LogP) is 4.86. The van der Waals surface area contributed by atoms with Crippen LogP contribution in [0.25, 0.3) is 0 Å². The third-order valence-corrected chi connectivity index (χ3v) is 10.9. The first kappa shape index (κ1) is 29.4. The molecule has 0 saturated carbocycles. The van der Waals surface area contributed by atoms with Crippen molar-refractivity contribution >= 4 is 52.5 Å². The summed E-state index contributed by atoms with van der Waals surface area (Å²) in [4.78, 5) is 48.2. The van der Waals surface area contributed by atoms with Crippen LogP contribution >= 0.6 is 23.4 Å². The minimum absolute atomic E-state index is 0.0933. The van der Waals surface area contributed by atoms with Gasteiger partial charge in [-0.05, 0) is 50.5 Å². The number of amides is 3. The largest absolute Gasteiger partial charge is 0.394 e. The van der Waals surface area contributed by atoms with E-state index in [1.165, 1.54) is 0 Å². The number of halogens is 1. The maximum Gasteiger partial charge on any atom is 0.251 e. The van der Waals surface area contributed by atoms with Gasteiger partial charge in [0.25, 0.3) is 5.91 Å². The van der Waals surface area contributed by atoms with E-state index in [4.69, 9.17) is 11.6 Å². The number of carbonyl (C=O) groups excluding carboxylic acids is 3. The van der Waals surface area contributed by atoms with Crippen molar-refractivity contribution in [3.63, 3.8) is 0 Å². The molecule has 5 rings (SSSR count). The normalized spacial score (nSPS) is 26.9. The molecule has 1 N–H and O–H groups in total. The molecular weight excluding hydrogens is 558 g/mol. The zero-order valence-corrected chi connectivity index (χ0v) is 25.0. The molecule has 6 atom stereocenters. The number of hydrogen-bond acceptors (Lipinski definition) is 5. The van der Waals surface area contributed by atoms with E-state index in [1.807, 2.05) is 49.4 Å². The average molecular weight is 594 g/mol. The lowest BCUT2D eigenvalue weighted by Gasteiger charge is -2.39. The Labute approximate surface area is 250 Å². The van der Waals surface area contributed by atoms with Crippen LogP contribution in [0.5, 0.6) is 0 Å². The lowest BCUT2D eigenvalue weighted by Crippen LogP contribution is -2.57. The number of nitrogens with zero attached hydrogens (tertiary/aromatic N) is 3. The molecular formula is C32H36ClN3O4S. The maximum absolute atomic E-state index is 14.7. The maximum atomic E-state index is 14.7. The van der Waals surface area contributed by atoms with E-state index < -0.39 is 28.7 Å². The summed E-state index contributed by atoms with van der Waals surface area (Å²) in [5.41, 5.74) is 2.14. The molecule has 3 aliphatic heterocycles. The lowest BCUT2D eigenvalue weighted by molar-refractivity contribution is -0.141. The van der Waals surface area contributed by atoms with Gasteiger partial charge in [-0.25, -0.2) is 0 Å². The Balaban J connectivity index is 1.60. The molecule has 2 aromatic rings. The second-order valence-electron chi connectivity index (χ2n) is 11.0. The summed E-state index contributed by atoms with van der Waals surface area (Å²) < 4.78 is -0.798. The van der Waals surface area contributed by atoms with Crippen LogP contribution < -0.4 is 9.80 Å². The highest BCUT2D eigenvalue weighted by Crippen LogP contribution is 2.67. The fraction of sp³-hybridized carbons (Fsp3) is 0.406. The van der Waals surface area contributed by atoms with E-state index in [0.717, 1.165) is 17.7 Å². The number of para-hydroxylation sites is 2. The standard InChI is InChI=1S/C32H36ClN3O4S/c1-5-17-34(22-12-8-7-9-13-22)29(38)25-24-15-16-32(41-24)26(25)30(39)36(21(4)19-37)28(32)31(40)35(18-6-2)27-20(3)11-10-14-23(27)33/h5-14,21,24-26,28,37H,1-2,15-19H2,3-4H3/t21-,24-,25+,26+,28?,32?/m1/s1. The molecule has 0 radical (unpaired) electrons. The summed E-state index contributed by atoms with van der Waals surface area (Å²) in [6, 6.07) is 13.4. The van der Waals surface area contributed by atoms with Crippen LogP contribution in [-0.4, -0.2) is 69.5 Å². The molecule has 7 nitrogen and oxygen atoms in total. The van der Waals surface area contributed by atoms with E-state index in [2.05, 4.69) is 13.2 Å². The molecule has 0 aromatic heterocycles. The van der Waals surface area contributed by atoms with Gasteiger partial charge in [-0.1, -0.05) is 54.1 Å². The molecule has 216 valence electrons. The van der Waals surface area contributed by atoms with Crippen LogP contribution in [0.3, 0.4) is 0 Å². The Hall–Kier alpha value is -3.07. The number of fused-ring (bicyclic) bond motifs is 1. The van der Waals surface area contributed by atoms with Gasteiger partial charge in [0.1, 0.15) is 6.04 Å². The summed E-state index contributed by atoms with van der Waals surface area (Å²) in [7, 11) is 0. The zero-order chi connectivity index (χ0) is 29.5. The lowest BCUT2D eigenvalue weighted by atomic mass is 9.70. The second-order valence-corrected chi connectivity index (χ2v) is 13.1. The van der Waals surface area contributed by atoms with Crippen molar-refractivity contribution in [1.29, 1.82) is 0 Å². The van der Waals surface area contributed by atoms with E-state index >= 15 is 0 Å². The second kappa shape index (κ2) is 11.7. The number of rotatable bonds is 10. The first-order valence-electron chi connectivity index (χ1n) is 14.0. The first-order chi connectivity index (χ1) is 19.7. The van der Waals surface area contributed by atoms with Crippen molar-refractivity contribution in [1.82, 2.24) is 4.90 Å². The Morgan fingerprint density at radius 1 is 1.12 bits per heavy atom. The molecule has 3 heterocycles. The predicted molar refractivity (Wildman–Crippen MR) is 165 cm³/mol. The summed E-state index contributed by atoms with van der Waals surface area (Å²) in [6.07, 6.45) is 4.68. The van der Waals surface area contributed by atoms with Gasteiger partial charge in [0.2, 0.25) is 11.8 Å². The number of aliphatic hydroxyl groups is 1. The fourth-order valence-electron chi connectivity index (χ4n) is 6.99. The topological polar surface area (TPSA) is 81.2 Å². The summed E-state index contributed by atoms with van der Waals surface area (Å²) in [6.45, 7) is 11.6. The molecule has 2 aromatic carbocycles. The fourth-order valence-corrected chi connectivity index (χ4v) is 9.50. The Morgan fingerprint density at radius 3 is 2.44 bits per heavy atom. The Kier molecular flexibility index (Phi) is 8.37. The van der Waals surface area contributed by atoms with Gasteiger partial charge in [-0.2, -0.15) is 0 Å². The summed E-state index contributed by atoms with van der Waals surface area (Å²) in [5, 5.41) is 10.6. The van der Waals surface area contributed by atoms with Gasteiger partial charge >= 0.3 is 0 Å². The van der Waals surface area contributed by atoms with Crippen LogP contribution in [-0.2, 0) is 14.4 Å². The van der Waals surface area contributed by atoms with Crippen molar-refractivity contribution in [3.05, 3.63) is 84.4 Å². The number of anilines is 2. The highest BCUT2D eigenvalue weighted by atomic mass is 35.5. The van der Waals surface area contributed by atoms with E-state index in [1.54, 1.807) is 51.6 Å². The molecule has 0 aliphatic carbocycles. The van der Waals surface area contributed by atoms with Crippen LogP contribution in [0.2, 0.25) is 5.02 Å². The van der Waals surface area contributed by atoms with Gasteiger partial charge in [0.15, 0.2) is 0 Å². The molecule has 3 saturated heterocycles.